The van der Waals surface area contributed by atoms with Crippen molar-refractivity contribution < 1.29 is 24.2 Å². The molecule has 1 saturated heterocycles. The second-order valence-electron chi connectivity index (χ2n) is 8.85. The van der Waals surface area contributed by atoms with Crippen LogP contribution in [0.4, 0.5) is 0 Å². The van der Waals surface area contributed by atoms with E-state index in [0.29, 0.717) is 48.9 Å². The zero-order valence-electron chi connectivity index (χ0n) is 19.6. The van der Waals surface area contributed by atoms with Crippen molar-refractivity contribution in [3.8, 4) is 0 Å². The van der Waals surface area contributed by atoms with E-state index in [1.807, 2.05) is 61.0 Å². The minimum atomic E-state index is -0.887. The number of rotatable bonds is 8. The average molecular weight is 485 g/mol. The molecule has 2 N–H and O–H groups in total. The number of nitrogens with zero attached hydrogens (tertiary/aromatic N) is 1. The van der Waals surface area contributed by atoms with E-state index in [4.69, 9.17) is 21.1 Å². The Morgan fingerprint density at radius 2 is 2.00 bits per heavy atom. The second kappa shape index (κ2) is 9.78. The van der Waals surface area contributed by atoms with Gasteiger partial charge in [-0.05, 0) is 42.2 Å². The zero-order valence-corrected chi connectivity index (χ0v) is 20.3. The van der Waals surface area contributed by atoms with E-state index in [1.54, 1.807) is 7.11 Å². The third-order valence-corrected chi connectivity index (χ3v) is 7.24. The van der Waals surface area contributed by atoms with Crippen LogP contribution in [0.15, 0.2) is 42.5 Å². The van der Waals surface area contributed by atoms with Crippen molar-refractivity contribution in [2.24, 2.45) is 7.05 Å². The Hall–Kier alpha value is -2.87. The van der Waals surface area contributed by atoms with E-state index in [9.17, 15) is 14.7 Å². The first-order valence-electron chi connectivity index (χ1n) is 11.2. The summed E-state index contributed by atoms with van der Waals surface area (Å²) in [6, 6.07) is 13.1. The number of hydrogen-bond acceptors (Lipinski definition) is 4. The zero-order chi connectivity index (χ0) is 24.5. The summed E-state index contributed by atoms with van der Waals surface area (Å²) in [5, 5.41) is 14.3. The van der Waals surface area contributed by atoms with Gasteiger partial charge in [0, 0.05) is 44.7 Å². The normalized spacial score (nSPS) is 18.8. The topological polar surface area (TPSA) is 89.8 Å². The highest BCUT2D eigenvalue weighted by molar-refractivity contribution is 6.36. The molecule has 0 radical (unpaired) electrons. The highest BCUT2D eigenvalue weighted by Gasteiger charge is 2.39. The van der Waals surface area contributed by atoms with Crippen molar-refractivity contribution in [2.75, 3.05) is 26.9 Å². The van der Waals surface area contributed by atoms with Crippen molar-refractivity contribution in [1.29, 1.82) is 0 Å². The van der Waals surface area contributed by atoms with Gasteiger partial charge in [-0.2, -0.15) is 0 Å². The predicted octanol–water partition coefficient (Wildman–Crippen LogP) is 4.39. The number of carboxylic acids is 1. The van der Waals surface area contributed by atoms with E-state index in [2.05, 4.69) is 5.32 Å². The van der Waals surface area contributed by atoms with Crippen LogP contribution >= 0.6 is 11.6 Å². The fourth-order valence-electron chi connectivity index (χ4n) is 4.65. The number of carboxylic acid groups (broad SMARTS) is 1. The first kappa shape index (κ1) is 24.3. The summed E-state index contributed by atoms with van der Waals surface area (Å²) in [4.78, 5) is 25.1. The number of aromatic nitrogens is 1. The van der Waals surface area contributed by atoms with Crippen LogP contribution in [-0.2, 0) is 26.9 Å². The molecule has 1 aromatic heterocycles. The SMILES string of the molecule is COCCC(C(=O)O)c1ccc(C2(NC(=O)c3cc4c(Cl)c(C)ccc4n3C)CCOC2)cc1. The predicted molar refractivity (Wildman–Crippen MR) is 131 cm³/mol. The lowest BCUT2D eigenvalue weighted by molar-refractivity contribution is -0.139. The minimum Gasteiger partial charge on any atom is -0.481 e. The van der Waals surface area contributed by atoms with Crippen LogP contribution in [0.5, 0.6) is 0 Å². The number of amides is 1. The van der Waals surface area contributed by atoms with Crippen molar-refractivity contribution in [3.63, 3.8) is 0 Å². The van der Waals surface area contributed by atoms with Crippen molar-refractivity contribution in [3.05, 3.63) is 69.9 Å². The molecule has 0 aliphatic carbocycles. The summed E-state index contributed by atoms with van der Waals surface area (Å²) in [5.74, 6) is -1.75. The molecule has 2 atom stereocenters. The van der Waals surface area contributed by atoms with Gasteiger partial charge in [0.2, 0.25) is 0 Å². The number of benzene rings is 2. The molecule has 2 heterocycles. The van der Waals surface area contributed by atoms with Gasteiger partial charge in [-0.25, -0.2) is 0 Å². The Bertz CT molecular complexity index is 1210. The van der Waals surface area contributed by atoms with Crippen LogP contribution in [0.3, 0.4) is 0 Å². The van der Waals surface area contributed by atoms with Crippen LogP contribution in [-0.4, -0.2) is 48.5 Å². The van der Waals surface area contributed by atoms with Crippen molar-refractivity contribution in [1.82, 2.24) is 9.88 Å². The molecular formula is C26H29ClN2O5. The van der Waals surface area contributed by atoms with Gasteiger partial charge in [-0.1, -0.05) is 41.9 Å². The van der Waals surface area contributed by atoms with Gasteiger partial charge in [-0.3, -0.25) is 9.59 Å². The number of carbonyl (C=O) groups is 2. The van der Waals surface area contributed by atoms with Crippen LogP contribution in [0.1, 0.15) is 45.9 Å². The van der Waals surface area contributed by atoms with Gasteiger partial charge in [0.25, 0.3) is 5.91 Å². The number of halogens is 1. The number of hydrogen-bond donors (Lipinski definition) is 2. The highest BCUT2D eigenvalue weighted by Crippen LogP contribution is 2.34. The lowest BCUT2D eigenvalue weighted by atomic mass is 9.86. The molecule has 1 fully saturated rings. The molecule has 1 amide bonds. The third kappa shape index (κ3) is 4.43. The maximum absolute atomic E-state index is 13.4. The van der Waals surface area contributed by atoms with Gasteiger partial charge in [0.05, 0.1) is 23.1 Å². The molecule has 0 spiro atoms. The monoisotopic (exact) mass is 484 g/mol. The van der Waals surface area contributed by atoms with Crippen LogP contribution < -0.4 is 5.32 Å². The first-order chi connectivity index (χ1) is 16.3. The third-order valence-electron chi connectivity index (χ3n) is 6.74. The summed E-state index contributed by atoms with van der Waals surface area (Å²) in [5.41, 5.74) is 3.24. The Morgan fingerprint density at radius 3 is 2.62 bits per heavy atom. The van der Waals surface area contributed by atoms with E-state index >= 15 is 0 Å². The van der Waals surface area contributed by atoms with Gasteiger partial charge in [0.1, 0.15) is 5.69 Å². The number of methoxy groups -OCH3 is 1. The standard InChI is InChI=1S/C26H29ClN2O5/c1-16-4-9-21-20(23(16)27)14-22(29(21)2)24(30)28-26(11-13-34-15-26)18-7-5-17(6-8-18)19(25(31)32)10-12-33-3/h4-9,14,19H,10-13,15H2,1-3H3,(H,28,30)(H,31,32). The van der Waals surface area contributed by atoms with E-state index in [1.165, 1.54) is 0 Å². The molecule has 2 aromatic carbocycles. The first-order valence-corrected chi connectivity index (χ1v) is 11.6. The molecule has 4 rings (SSSR count). The van der Waals surface area contributed by atoms with Gasteiger partial charge in [0.15, 0.2) is 0 Å². The largest absolute Gasteiger partial charge is 0.481 e. The van der Waals surface area contributed by atoms with Crippen molar-refractivity contribution in [2.45, 2.75) is 31.2 Å². The molecule has 0 saturated carbocycles. The van der Waals surface area contributed by atoms with Crippen LogP contribution in [0.25, 0.3) is 10.9 Å². The Kier molecular flexibility index (Phi) is 6.98. The number of fused-ring (bicyclic) bond motifs is 1. The van der Waals surface area contributed by atoms with Crippen LogP contribution in [0.2, 0.25) is 5.02 Å². The Labute approximate surface area is 203 Å². The molecule has 34 heavy (non-hydrogen) atoms. The average Bonchev–Trinajstić information content (AvgIpc) is 3.42. The molecule has 8 heteroatoms. The van der Waals surface area contributed by atoms with E-state index < -0.39 is 17.4 Å². The molecule has 1 aliphatic rings. The minimum absolute atomic E-state index is 0.217. The maximum Gasteiger partial charge on any atom is 0.311 e. The van der Waals surface area contributed by atoms with Gasteiger partial charge >= 0.3 is 5.97 Å². The van der Waals surface area contributed by atoms with E-state index in [-0.39, 0.29) is 5.91 Å². The number of aliphatic carboxylic acids is 1. The highest BCUT2D eigenvalue weighted by atomic mass is 35.5. The summed E-state index contributed by atoms with van der Waals surface area (Å²) in [6.07, 6.45) is 1.01. The Balaban J connectivity index is 1.63. The molecule has 2 unspecified atom stereocenters. The molecule has 3 aromatic rings. The molecule has 1 aliphatic heterocycles. The van der Waals surface area contributed by atoms with E-state index in [0.717, 1.165) is 22.0 Å². The molecule has 180 valence electrons. The quantitative estimate of drug-likeness (QED) is 0.495. The Morgan fingerprint density at radius 1 is 1.26 bits per heavy atom. The maximum atomic E-state index is 13.4. The summed E-state index contributed by atoms with van der Waals surface area (Å²) in [6.45, 7) is 3.16. The smallest absolute Gasteiger partial charge is 0.311 e. The fraction of sp³-hybridized carbons (Fsp3) is 0.385. The number of aryl methyl sites for hydroxylation is 2. The number of nitrogens with one attached hydrogen (secondary N) is 1. The molecular weight excluding hydrogens is 456 g/mol. The lowest BCUT2D eigenvalue weighted by Gasteiger charge is -2.30. The summed E-state index contributed by atoms with van der Waals surface area (Å²) in [7, 11) is 3.40. The molecule has 7 nitrogen and oxygen atoms in total. The summed E-state index contributed by atoms with van der Waals surface area (Å²) < 4.78 is 12.6. The second-order valence-corrected chi connectivity index (χ2v) is 9.23. The molecule has 0 bridgehead atoms. The van der Waals surface area contributed by atoms with Crippen molar-refractivity contribution >= 4 is 34.4 Å². The van der Waals surface area contributed by atoms with Gasteiger partial charge < -0.3 is 24.5 Å². The van der Waals surface area contributed by atoms with Crippen LogP contribution in [0, 0.1) is 6.92 Å². The summed E-state index contributed by atoms with van der Waals surface area (Å²) >= 11 is 6.49. The lowest BCUT2D eigenvalue weighted by Crippen LogP contribution is -2.47. The number of ether oxygens (including phenoxy) is 2. The fourth-order valence-corrected chi connectivity index (χ4v) is 4.86. The van der Waals surface area contributed by atoms with Gasteiger partial charge in [-0.15, -0.1) is 0 Å². The number of carbonyl (C=O) groups excluding carboxylic acids is 1.